The molecule has 0 aliphatic carbocycles. The van der Waals surface area contributed by atoms with Gasteiger partial charge in [0.1, 0.15) is 5.75 Å². The van der Waals surface area contributed by atoms with Gasteiger partial charge in [0.05, 0.1) is 23.2 Å². The summed E-state index contributed by atoms with van der Waals surface area (Å²) >= 11 is 0. The van der Waals surface area contributed by atoms with Crippen molar-refractivity contribution in [2.24, 2.45) is 0 Å². The van der Waals surface area contributed by atoms with Gasteiger partial charge in [-0.05, 0) is 63.8 Å². The van der Waals surface area contributed by atoms with Gasteiger partial charge in [0.2, 0.25) is 0 Å². The van der Waals surface area contributed by atoms with Gasteiger partial charge in [-0.1, -0.05) is 18.2 Å². The van der Waals surface area contributed by atoms with Crippen LogP contribution < -0.4 is 10.1 Å². The Balaban J connectivity index is 1.96. The quantitative estimate of drug-likeness (QED) is 0.585. The molecule has 0 amide bonds. The van der Waals surface area contributed by atoms with E-state index in [0.29, 0.717) is 17.0 Å². The predicted molar refractivity (Wildman–Crippen MR) is 114 cm³/mol. The molecule has 0 atom stereocenters. The summed E-state index contributed by atoms with van der Waals surface area (Å²) in [5.74, 6) is 0.623. The van der Waals surface area contributed by atoms with Crippen molar-refractivity contribution in [3.8, 4) is 5.75 Å². The van der Waals surface area contributed by atoms with Crippen LogP contribution in [0.25, 0.3) is 10.9 Å². The Hall–Kier alpha value is -2.51. The maximum Gasteiger partial charge on any atom is 0.268 e. The second kappa shape index (κ2) is 8.24. The molecule has 1 heterocycles. The Bertz CT molecular complexity index is 1070. The SMILES string of the molecule is COc1ccc(S(=O)(=O)n2cc(C)c3ccccc32)cc1NCCCN(C)C. The highest BCUT2D eigenvalue weighted by Crippen LogP contribution is 2.30. The summed E-state index contributed by atoms with van der Waals surface area (Å²) in [5, 5.41) is 4.23. The molecule has 0 fully saturated rings. The molecule has 1 N–H and O–H groups in total. The van der Waals surface area contributed by atoms with Gasteiger partial charge in [-0.2, -0.15) is 0 Å². The lowest BCUT2D eigenvalue weighted by Crippen LogP contribution is -2.17. The lowest BCUT2D eigenvalue weighted by atomic mass is 10.2. The summed E-state index contributed by atoms with van der Waals surface area (Å²) < 4.78 is 33.4. The molecule has 0 aliphatic rings. The highest BCUT2D eigenvalue weighted by Gasteiger charge is 2.21. The number of nitrogens with one attached hydrogen (secondary N) is 1. The van der Waals surface area contributed by atoms with E-state index in [-0.39, 0.29) is 4.90 Å². The Morgan fingerprint density at radius 2 is 1.89 bits per heavy atom. The van der Waals surface area contributed by atoms with E-state index in [4.69, 9.17) is 4.74 Å². The Kier molecular flexibility index (Phi) is 5.96. The average Bonchev–Trinajstić information content (AvgIpc) is 3.03. The minimum atomic E-state index is -3.72. The van der Waals surface area contributed by atoms with Crippen molar-refractivity contribution in [3.63, 3.8) is 0 Å². The van der Waals surface area contributed by atoms with Crippen LogP contribution in [0.4, 0.5) is 5.69 Å². The second-order valence-corrected chi connectivity index (χ2v) is 8.89. The molecule has 28 heavy (non-hydrogen) atoms. The molecule has 0 aliphatic heterocycles. The zero-order valence-electron chi connectivity index (χ0n) is 16.8. The number of hydrogen-bond acceptors (Lipinski definition) is 5. The monoisotopic (exact) mass is 401 g/mol. The Labute approximate surface area is 166 Å². The zero-order chi connectivity index (χ0) is 20.3. The molecule has 0 radical (unpaired) electrons. The van der Waals surface area contributed by atoms with Crippen molar-refractivity contribution in [3.05, 3.63) is 54.2 Å². The number of aryl methyl sites for hydroxylation is 1. The molecule has 0 unspecified atom stereocenters. The van der Waals surface area contributed by atoms with E-state index in [0.717, 1.165) is 30.5 Å². The maximum absolute atomic E-state index is 13.3. The maximum atomic E-state index is 13.3. The predicted octanol–water partition coefficient (Wildman–Crippen LogP) is 3.56. The van der Waals surface area contributed by atoms with E-state index < -0.39 is 10.0 Å². The van der Waals surface area contributed by atoms with Crippen LogP contribution in [-0.2, 0) is 10.0 Å². The first kappa shape index (κ1) is 20.2. The summed E-state index contributed by atoms with van der Waals surface area (Å²) in [6.07, 6.45) is 2.61. The molecule has 0 spiro atoms. The Morgan fingerprint density at radius 3 is 2.61 bits per heavy atom. The van der Waals surface area contributed by atoms with Crippen LogP contribution in [0.1, 0.15) is 12.0 Å². The van der Waals surface area contributed by atoms with Crippen LogP contribution in [0.15, 0.2) is 53.6 Å². The number of hydrogen-bond donors (Lipinski definition) is 1. The molecule has 2 aromatic carbocycles. The van der Waals surface area contributed by atoms with Crippen molar-refractivity contribution in [2.45, 2.75) is 18.2 Å². The summed E-state index contributed by atoms with van der Waals surface area (Å²) in [5.41, 5.74) is 2.28. The van der Waals surface area contributed by atoms with Gasteiger partial charge in [-0.3, -0.25) is 0 Å². The van der Waals surface area contributed by atoms with Gasteiger partial charge < -0.3 is 15.0 Å². The fourth-order valence-electron chi connectivity index (χ4n) is 3.23. The largest absolute Gasteiger partial charge is 0.495 e. The number of aromatic nitrogens is 1. The van der Waals surface area contributed by atoms with Gasteiger partial charge in [-0.25, -0.2) is 12.4 Å². The molecule has 0 saturated heterocycles. The number of methoxy groups -OCH3 is 1. The van der Waals surface area contributed by atoms with Crippen LogP contribution in [0.3, 0.4) is 0 Å². The fraction of sp³-hybridized carbons (Fsp3) is 0.333. The molecule has 3 rings (SSSR count). The first-order chi connectivity index (χ1) is 13.3. The molecule has 0 saturated carbocycles. The van der Waals surface area contributed by atoms with Gasteiger partial charge in [0, 0.05) is 18.1 Å². The zero-order valence-corrected chi connectivity index (χ0v) is 17.6. The normalized spacial score (nSPS) is 11.9. The number of nitrogens with zero attached hydrogens (tertiary/aromatic N) is 2. The number of ether oxygens (including phenoxy) is 1. The first-order valence-electron chi connectivity index (χ1n) is 9.23. The topological polar surface area (TPSA) is 63.6 Å². The molecule has 3 aromatic rings. The number of benzene rings is 2. The smallest absolute Gasteiger partial charge is 0.268 e. The van der Waals surface area contributed by atoms with Crippen LogP contribution in [0.2, 0.25) is 0 Å². The molecule has 7 heteroatoms. The molecule has 0 bridgehead atoms. The number of anilines is 1. The molecule has 1 aromatic heterocycles. The molecular formula is C21H27N3O3S. The van der Waals surface area contributed by atoms with E-state index in [1.54, 1.807) is 31.5 Å². The number of para-hydroxylation sites is 1. The van der Waals surface area contributed by atoms with E-state index in [1.165, 1.54) is 3.97 Å². The lowest BCUT2D eigenvalue weighted by Gasteiger charge is -2.15. The number of fused-ring (bicyclic) bond motifs is 1. The molecule has 150 valence electrons. The summed E-state index contributed by atoms with van der Waals surface area (Å²) in [4.78, 5) is 2.34. The lowest BCUT2D eigenvalue weighted by molar-refractivity contribution is 0.404. The first-order valence-corrected chi connectivity index (χ1v) is 10.7. The van der Waals surface area contributed by atoms with Crippen LogP contribution >= 0.6 is 0 Å². The third kappa shape index (κ3) is 4.00. The highest BCUT2D eigenvalue weighted by atomic mass is 32.2. The fourth-order valence-corrected chi connectivity index (χ4v) is 4.68. The average molecular weight is 402 g/mol. The van der Waals surface area contributed by atoms with E-state index >= 15 is 0 Å². The Morgan fingerprint density at radius 1 is 1.14 bits per heavy atom. The third-order valence-corrected chi connectivity index (χ3v) is 6.37. The summed E-state index contributed by atoms with van der Waals surface area (Å²) in [6, 6.07) is 12.4. The minimum Gasteiger partial charge on any atom is -0.495 e. The van der Waals surface area contributed by atoms with Gasteiger partial charge in [0.25, 0.3) is 10.0 Å². The van der Waals surface area contributed by atoms with Crippen LogP contribution in [0.5, 0.6) is 5.75 Å². The van der Waals surface area contributed by atoms with Crippen molar-refractivity contribution >= 4 is 26.6 Å². The van der Waals surface area contributed by atoms with E-state index in [2.05, 4.69) is 10.2 Å². The van der Waals surface area contributed by atoms with Crippen LogP contribution in [-0.4, -0.2) is 51.6 Å². The van der Waals surface area contributed by atoms with E-state index in [9.17, 15) is 8.42 Å². The second-order valence-electron chi connectivity index (χ2n) is 7.08. The molecular weight excluding hydrogens is 374 g/mol. The van der Waals surface area contributed by atoms with Crippen molar-refractivity contribution < 1.29 is 13.2 Å². The minimum absolute atomic E-state index is 0.226. The van der Waals surface area contributed by atoms with Crippen LogP contribution in [0, 0.1) is 6.92 Å². The third-order valence-electron chi connectivity index (χ3n) is 4.70. The summed E-state index contributed by atoms with van der Waals surface area (Å²) in [6.45, 7) is 3.59. The van der Waals surface area contributed by atoms with Crippen molar-refractivity contribution in [1.29, 1.82) is 0 Å². The molecule has 6 nitrogen and oxygen atoms in total. The van der Waals surface area contributed by atoms with E-state index in [1.807, 2.05) is 45.3 Å². The highest BCUT2D eigenvalue weighted by molar-refractivity contribution is 7.90. The summed E-state index contributed by atoms with van der Waals surface area (Å²) in [7, 11) is 1.91. The van der Waals surface area contributed by atoms with Gasteiger partial charge in [-0.15, -0.1) is 0 Å². The van der Waals surface area contributed by atoms with Gasteiger partial charge >= 0.3 is 0 Å². The van der Waals surface area contributed by atoms with Crippen molar-refractivity contribution in [1.82, 2.24) is 8.87 Å². The van der Waals surface area contributed by atoms with Crippen molar-refractivity contribution in [2.75, 3.05) is 39.6 Å². The van der Waals surface area contributed by atoms with Gasteiger partial charge in [0.15, 0.2) is 0 Å². The number of rotatable bonds is 8. The standard InChI is InChI=1S/C21H27N3O3S/c1-16-15-24(20-9-6-5-8-18(16)20)28(25,26)17-10-11-21(27-4)19(14-17)22-12-7-13-23(2)3/h5-6,8-11,14-15,22H,7,12-13H2,1-4H3.